The lowest BCUT2D eigenvalue weighted by atomic mass is 9.87. The maximum Gasteiger partial charge on any atom is 0.343 e. The maximum atomic E-state index is 12.0. The number of esters is 1. The molecule has 0 aromatic heterocycles. The van der Waals surface area contributed by atoms with Crippen LogP contribution in [0.15, 0.2) is 24.3 Å². The van der Waals surface area contributed by atoms with Crippen molar-refractivity contribution in [3.63, 3.8) is 0 Å². The molecule has 21 heavy (non-hydrogen) atoms. The summed E-state index contributed by atoms with van der Waals surface area (Å²) in [5.74, 6) is -0.283. The van der Waals surface area contributed by atoms with Gasteiger partial charge in [0.05, 0.1) is 13.2 Å². The molecule has 6 heteroatoms. The van der Waals surface area contributed by atoms with E-state index in [0.717, 1.165) is 0 Å². The summed E-state index contributed by atoms with van der Waals surface area (Å²) in [7, 11) is 1.29. The molecule has 6 nitrogen and oxygen atoms in total. The predicted molar refractivity (Wildman–Crippen MR) is 80.0 cm³/mol. The normalized spacial score (nSPS) is 12.4. The van der Waals surface area contributed by atoms with E-state index < -0.39 is 12.0 Å². The molecule has 0 bridgehead atoms. The number of carbonyl (C=O) groups excluding carboxylic acids is 2. The fourth-order valence-corrected chi connectivity index (χ4v) is 1.48. The molecule has 0 radical (unpaired) electrons. The number of ether oxygens (including phenoxy) is 2. The molecule has 0 unspecified atom stereocenters. The second kappa shape index (κ2) is 7.08. The molecule has 0 spiro atoms. The molecule has 1 atom stereocenters. The number of hydrogen-bond acceptors (Lipinski definition) is 5. The Morgan fingerprint density at radius 1 is 1.33 bits per heavy atom. The number of hydrogen-bond donors (Lipinski definition) is 2. The van der Waals surface area contributed by atoms with Crippen molar-refractivity contribution in [1.29, 1.82) is 0 Å². The third kappa shape index (κ3) is 5.43. The molecule has 1 amide bonds. The maximum absolute atomic E-state index is 12.0. The van der Waals surface area contributed by atoms with Crippen molar-refractivity contribution >= 4 is 17.6 Å². The standard InChI is InChI=1S/C15H22N2O4/c1-15(2,3)13(16)14(19)17-10-6-5-7-11(8-10)21-9-12(18)20-4/h5-8,13H,9,16H2,1-4H3,(H,17,19)/t13-/m1/s1. The number of methoxy groups -OCH3 is 1. The molecule has 1 aromatic carbocycles. The van der Waals surface area contributed by atoms with Crippen LogP contribution in [0.3, 0.4) is 0 Å². The number of nitrogens with one attached hydrogen (secondary N) is 1. The molecule has 0 saturated heterocycles. The number of carbonyl (C=O) groups is 2. The Labute approximate surface area is 124 Å². The van der Waals surface area contributed by atoms with Crippen LogP contribution >= 0.6 is 0 Å². The van der Waals surface area contributed by atoms with Crippen LogP contribution in [0.2, 0.25) is 0 Å². The van der Waals surface area contributed by atoms with Gasteiger partial charge in [-0.2, -0.15) is 0 Å². The van der Waals surface area contributed by atoms with Crippen LogP contribution in [0, 0.1) is 5.41 Å². The van der Waals surface area contributed by atoms with E-state index >= 15 is 0 Å². The average Bonchev–Trinajstić information content (AvgIpc) is 2.43. The van der Waals surface area contributed by atoms with Crippen LogP contribution in [0.5, 0.6) is 5.75 Å². The zero-order valence-electron chi connectivity index (χ0n) is 12.8. The lowest BCUT2D eigenvalue weighted by Gasteiger charge is -2.25. The van der Waals surface area contributed by atoms with Gasteiger partial charge in [-0.15, -0.1) is 0 Å². The lowest BCUT2D eigenvalue weighted by Crippen LogP contribution is -2.45. The number of anilines is 1. The highest BCUT2D eigenvalue weighted by Crippen LogP contribution is 2.21. The molecule has 1 aromatic rings. The Morgan fingerprint density at radius 3 is 2.57 bits per heavy atom. The van der Waals surface area contributed by atoms with Crippen LogP contribution in [0.1, 0.15) is 20.8 Å². The van der Waals surface area contributed by atoms with Gasteiger partial charge in [-0.3, -0.25) is 4.79 Å². The van der Waals surface area contributed by atoms with Gasteiger partial charge < -0.3 is 20.5 Å². The van der Waals surface area contributed by atoms with Gasteiger partial charge in [0.25, 0.3) is 0 Å². The van der Waals surface area contributed by atoms with E-state index in [1.807, 2.05) is 20.8 Å². The summed E-state index contributed by atoms with van der Waals surface area (Å²) in [4.78, 5) is 23.0. The first-order chi connectivity index (χ1) is 9.74. The van der Waals surface area contributed by atoms with Crippen molar-refractivity contribution < 1.29 is 19.1 Å². The van der Waals surface area contributed by atoms with E-state index in [2.05, 4.69) is 10.1 Å². The summed E-state index contributed by atoms with van der Waals surface area (Å²) >= 11 is 0. The Kier molecular flexibility index (Phi) is 5.72. The molecule has 0 aliphatic carbocycles. The third-order valence-electron chi connectivity index (χ3n) is 2.90. The van der Waals surface area contributed by atoms with Crippen LogP contribution in [0.25, 0.3) is 0 Å². The molecule has 1 rings (SSSR count). The van der Waals surface area contributed by atoms with Crippen molar-refractivity contribution in [1.82, 2.24) is 0 Å². The first kappa shape index (κ1) is 17.0. The Morgan fingerprint density at radius 2 is 2.00 bits per heavy atom. The van der Waals surface area contributed by atoms with Crippen LogP contribution in [-0.2, 0) is 14.3 Å². The van der Waals surface area contributed by atoms with Gasteiger partial charge in [-0.05, 0) is 17.5 Å². The smallest absolute Gasteiger partial charge is 0.343 e. The number of rotatable bonds is 5. The Bertz CT molecular complexity index is 509. The minimum atomic E-state index is -0.628. The van der Waals surface area contributed by atoms with E-state index in [-0.39, 0.29) is 17.9 Å². The number of amides is 1. The first-order valence-electron chi connectivity index (χ1n) is 6.60. The molecule has 0 fully saturated rings. The molecule has 3 N–H and O–H groups in total. The zero-order valence-corrected chi connectivity index (χ0v) is 12.8. The molecular weight excluding hydrogens is 272 g/mol. The van der Waals surface area contributed by atoms with Gasteiger partial charge in [0.2, 0.25) is 5.91 Å². The highest BCUT2D eigenvalue weighted by atomic mass is 16.6. The summed E-state index contributed by atoms with van der Waals surface area (Å²) in [6.45, 7) is 5.50. The number of benzene rings is 1. The second-order valence-electron chi connectivity index (χ2n) is 5.73. The molecule has 116 valence electrons. The summed E-state index contributed by atoms with van der Waals surface area (Å²) in [5, 5.41) is 2.73. The largest absolute Gasteiger partial charge is 0.482 e. The van der Waals surface area contributed by atoms with Crippen molar-refractivity contribution in [2.75, 3.05) is 19.0 Å². The molecule has 0 heterocycles. The topological polar surface area (TPSA) is 90.6 Å². The first-order valence-corrected chi connectivity index (χ1v) is 6.60. The highest BCUT2D eigenvalue weighted by molar-refractivity contribution is 5.95. The van der Waals surface area contributed by atoms with Crippen molar-refractivity contribution in [3.8, 4) is 5.75 Å². The van der Waals surface area contributed by atoms with Gasteiger partial charge in [0.1, 0.15) is 5.75 Å². The van der Waals surface area contributed by atoms with Gasteiger partial charge in [-0.1, -0.05) is 26.8 Å². The monoisotopic (exact) mass is 294 g/mol. The summed E-state index contributed by atoms with van der Waals surface area (Å²) in [6, 6.07) is 6.11. The number of nitrogens with two attached hydrogens (primary N) is 1. The summed E-state index contributed by atoms with van der Waals surface area (Å²) in [6.07, 6.45) is 0. The highest BCUT2D eigenvalue weighted by Gasteiger charge is 2.27. The SMILES string of the molecule is COC(=O)COc1cccc(NC(=O)[C@@H](N)C(C)(C)C)c1. The minimum absolute atomic E-state index is 0.185. The van der Waals surface area contributed by atoms with E-state index in [1.165, 1.54) is 7.11 Å². The zero-order chi connectivity index (χ0) is 16.0. The quantitative estimate of drug-likeness (QED) is 0.804. The van der Waals surface area contributed by atoms with E-state index in [9.17, 15) is 9.59 Å². The van der Waals surface area contributed by atoms with E-state index in [1.54, 1.807) is 24.3 Å². The predicted octanol–water partition coefficient (Wildman–Crippen LogP) is 1.55. The summed E-state index contributed by atoms with van der Waals surface area (Å²) < 4.78 is 9.74. The summed E-state index contributed by atoms with van der Waals surface area (Å²) in [5.41, 5.74) is 6.12. The Hall–Kier alpha value is -2.08. The van der Waals surface area contributed by atoms with E-state index in [0.29, 0.717) is 11.4 Å². The molecule has 0 aliphatic rings. The molecular formula is C15H22N2O4. The van der Waals surface area contributed by atoms with Gasteiger partial charge in [0.15, 0.2) is 6.61 Å². The van der Waals surface area contributed by atoms with E-state index in [4.69, 9.17) is 10.5 Å². The second-order valence-corrected chi connectivity index (χ2v) is 5.73. The van der Waals surface area contributed by atoms with Gasteiger partial charge in [0, 0.05) is 11.8 Å². The Balaban J connectivity index is 2.68. The van der Waals surface area contributed by atoms with Crippen LogP contribution in [0.4, 0.5) is 5.69 Å². The fourth-order valence-electron chi connectivity index (χ4n) is 1.48. The van der Waals surface area contributed by atoms with Crippen LogP contribution in [-0.4, -0.2) is 31.6 Å². The average molecular weight is 294 g/mol. The molecule has 0 aliphatic heterocycles. The minimum Gasteiger partial charge on any atom is -0.482 e. The lowest BCUT2D eigenvalue weighted by molar-refractivity contribution is -0.142. The van der Waals surface area contributed by atoms with Gasteiger partial charge in [-0.25, -0.2) is 4.79 Å². The van der Waals surface area contributed by atoms with Crippen molar-refractivity contribution in [2.45, 2.75) is 26.8 Å². The van der Waals surface area contributed by atoms with Crippen LogP contribution < -0.4 is 15.8 Å². The molecule has 0 saturated carbocycles. The fraction of sp³-hybridized carbons (Fsp3) is 0.467. The third-order valence-corrected chi connectivity index (χ3v) is 2.90. The van der Waals surface area contributed by atoms with Crippen molar-refractivity contribution in [2.24, 2.45) is 11.1 Å². The van der Waals surface area contributed by atoms with Crippen molar-refractivity contribution in [3.05, 3.63) is 24.3 Å². The van der Waals surface area contributed by atoms with Gasteiger partial charge >= 0.3 is 5.97 Å².